The highest BCUT2D eigenvalue weighted by Crippen LogP contribution is 2.37. The van der Waals surface area contributed by atoms with E-state index in [-0.39, 0.29) is 24.7 Å². The molecule has 0 unspecified atom stereocenters. The molecule has 7 nitrogen and oxygen atoms in total. The van der Waals surface area contributed by atoms with Crippen molar-refractivity contribution in [3.63, 3.8) is 0 Å². The Balaban J connectivity index is 1.53. The number of ether oxygens (including phenoxy) is 2. The van der Waals surface area contributed by atoms with Crippen LogP contribution in [0.5, 0.6) is 11.5 Å². The van der Waals surface area contributed by atoms with Crippen LogP contribution in [0.3, 0.4) is 0 Å². The Bertz CT molecular complexity index is 1140. The van der Waals surface area contributed by atoms with Gasteiger partial charge in [0.1, 0.15) is 6.04 Å². The number of aromatic nitrogens is 2. The molecule has 1 aromatic heterocycles. The van der Waals surface area contributed by atoms with Crippen LogP contribution in [0.15, 0.2) is 53.8 Å². The topological polar surface area (TPSA) is 76.9 Å². The van der Waals surface area contributed by atoms with Gasteiger partial charge in [-0.15, -0.1) is 0 Å². The number of hydrogen-bond donors (Lipinski definition) is 0. The van der Waals surface area contributed by atoms with Crippen molar-refractivity contribution < 1.29 is 14.3 Å². The molecule has 7 heteroatoms. The number of fused-ring (bicyclic) bond motifs is 2. The van der Waals surface area contributed by atoms with Crippen molar-refractivity contribution >= 4 is 22.7 Å². The van der Waals surface area contributed by atoms with E-state index >= 15 is 0 Å². The Morgan fingerprint density at radius 3 is 2.72 bits per heavy atom. The van der Waals surface area contributed by atoms with E-state index in [9.17, 15) is 4.79 Å². The second-order valence-electron chi connectivity index (χ2n) is 7.46. The summed E-state index contributed by atoms with van der Waals surface area (Å²) in [5, 5.41) is 6.24. The largest absolute Gasteiger partial charge is 0.454 e. The summed E-state index contributed by atoms with van der Waals surface area (Å²) in [4.78, 5) is 22.2. The first-order chi connectivity index (χ1) is 14.1. The molecular weight excluding hydrogens is 368 g/mol. The van der Waals surface area contributed by atoms with Gasteiger partial charge < -0.3 is 9.47 Å². The molecule has 146 valence electrons. The molecule has 2 aliphatic rings. The minimum Gasteiger partial charge on any atom is -0.454 e. The number of carbonyl (C=O) groups excluding carboxylic acids is 1. The summed E-state index contributed by atoms with van der Waals surface area (Å²) in [6, 6.07) is 13.1. The number of para-hydroxylation sites is 2. The molecule has 0 bridgehead atoms. The number of amides is 1. The first-order valence-electron chi connectivity index (χ1n) is 9.62. The van der Waals surface area contributed by atoms with Crippen LogP contribution < -0.4 is 9.47 Å². The Kier molecular flexibility index (Phi) is 4.16. The van der Waals surface area contributed by atoms with Crippen LogP contribution in [0.4, 0.5) is 0 Å². The number of hydrazone groups is 1. The third-order valence-electron chi connectivity index (χ3n) is 5.14. The number of nitrogens with zero attached hydrogens (tertiary/aromatic N) is 4. The first-order valence-corrected chi connectivity index (χ1v) is 9.62. The molecule has 1 amide bonds. The molecule has 2 aromatic carbocycles. The van der Waals surface area contributed by atoms with E-state index in [1.54, 1.807) is 11.2 Å². The Labute approximate surface area is 168 Å². The molecule has 0 saturated heterocycles. The van der Waals surface area contributed by atoms with E-state index in [2.05, 4.69) is 10.1 Å². The maximum absolute atomic E-state index is 12.9. The van der Waals surface area contributed by atoms with Gasteiger partial charge in [-0.1, -0.05) is 26.0 Å². The lowest BCUT2D eigenvalue weighted by molar-refractivity contribution is -0.136. The maximum atomic E-state index is 12.9. The quantitative estimate of drug-likeness (QED) is 0.684. The van der Waals surface area contributed by atoms with Crippen molar-refractivity contribution in [3.05, 3.63) is 59.9 Å². The second-order valence-corrected chi connectivity index (χ2v) is 7.46. The van der Waals surface area contributed by atoms with Crippen LogP contribution in [0.25, 0.3) is 11.0 Å². The summed E-state index contributed by atoms with van der Waals surface area (Å²) in [5.41, 5.74) is 4.09. The molecule has 0 spiro atoms. The average molecular weight is 388 g/mol. The molecule has 0 saturated carbocycles. The van der Waals surface area contributed by atoms with Crippen molar-refractivity contribution in [1.82, 2.24) is 15.0 Å². The molecule has 0 radical (unpaired) electrons. The van der Waals surface area contributed by atoms with E-state index in [1.807, 2.05) is 56.3 Å². The SMILES string of the molecule is CC(C)C(=O)N1N=C(c2ccc3c(c2)OCO3)C[C@@H]1c1cnc2ccccc2n1. The van der Waals surface area contributed by atoms with Crippen LogP contribution in [0.2, 0.25) is 0 Å². The lowest BCUT2D eigenvalue weighted by atomic mass is 10.0. The third-order valence-corrected chi connectivity index (χ3v) is 5.14. The normalized spacial score (nSPS) is 17.8. The van der Waals surface area contributed by atoms with E-state index in [4.69, 9.17) is 14.5 Å². The molecule has 0 aliphatic carbocycles. The molecule has 0 N–H and O–H groups in total. The molecule has 5 rings (SSSR count). The highest BCUT2D eigenvalue weighted by atomic mass is 16.7. The zero-order chi connectivity index (χ0) is 20.0. The zero-order valence-corrected chi connectivity index (χ0v) is 16.2. The van der Waals surface area contributed by atoms with E-state index in [1.165, 1.54) is 0 Å². The van der Waals surface area contributed by atoms with Crippen LogP contribution in [-0.4, -0.2) is 33.4 Å². The summed E-state index contributed by atoms with van der Waals surface area (Å²) in [5.74, 6) is 1.20. The summed E-state index contributed by atoms with van der Waals surface area (Å²) in [6.07, 6.45) is 2.30. The third kappa shape index (κ3) is 3.08. The number of rotatable bonds is 3. The van der Waals surface area contributed by atoms with Crippen molar-refractivity contribution in [2.45, 2.75) is 26.3 Å². The van der Waals surface area contributed by atoms with Crippen LogP contribution in [0, 0.1) is 5.92 Å². The summed E-state index contributed by atoms with van der Waals surface area (Å²) in [6.45, 7) is 3.97. The van der Waals surface area contributed by atoms with Crippen LogP contribution in [-0.2, 0) is 4.79 Å². The maximum Gasteiger partial charge on any atom is 0.245 e. The summed E-state index contributed by atoms with van der Waals surface area (Å²) < 4.78 is 10.9. The van der Waals surface area contributed by atoms with Crippen molar-refractivity contribution in [1.29, 1.82) is 0 Å². The van der Waals surface area contributed by atoms with Crippen molar-refractivity contribution in [2.75, 3.05) is 6.79 Å². The number of carbonyl (C=O) groups is 1. The van der Waals surface area contributed by atoms with Gasteiger partial charge in [0.2, 0.25) is 12.7 Å². The molecule has 2 aliphatic heterocycles. The van der Waals surface area contributed by atoms with Gasteiger partial charge in [-0.2, -0.15) is 5.10 Å². The van der Waals surface area contributed by atoms with Gasteiger partial charge in [-0.25, -0.2) is 9.99 Å². The zero-order valence-electron chi connectivity index (χ0n) is 16.2. The van der Waals surface area contributed by atoms with Gasteiger partial charge in [-0.05, 0) is 30.3 Å². The first kappa shape index (κ1) is 17.6. The molecule has 3 heterocycles. The minimum absolute atomic E-state index is 0.0410. The fourth-order valence-electron chi connectivity index (χ4n) is 3.59. The van der Waals surface area contributed by atoms with Gasteiger partial charge in [0, 0.05) is 17.9 Å². The fourth-order valence-corrected chi connectivity index (χ4v) is 3.59. The number of benzene rings is 2. The lowest BCUT2D eigenvalue weighted by Crippen LogP contribution is -2.31. The van der Waals surface area contributed by atoms with Gasteiger partial charge in [0.15, 0.2) is 11.5 Å². The van der Waals surface area contributed by atoms with Gasteiger partial charge in [-0.3, -0.25) is 9.78 Å². The molecule has 29 heavy (non-hydrogen) atoms. The van der Waals surface area contributed by atoms with Crippen molar-refractivity contribution in [2.24, 2.45) is 11.0 Å². The molecule has 1 atom stereocenters. The van der Waals surface area contributed by atoms with E-state index < -0.39 is 0 Å². The smallest absolute Gasteiger partial charge is 0.245 e. The second kappa shape index (κ2) is 6.84. The highest BCUT2D eigenvalue weighted by Gasteiger charge is 2.35. The van der Waals surface area contributed by atoms with Gasteiger partial charge in [0.25, 0.3) is 0 Å². The molecular formula is C22H20N4O3. The lowest BCUT2D eigenvalue weighted by Gasteiger charge is -2.22. The highest BCUT2D eigenvalue weighted by molar-refractivity contribution is 6.03. The fraction of sp³-hybridized carbons (Fsp3) is 0.273. The van der Waals surface area contributed by atoms with Crippen LogP contribution in [0.1, 0.15) is 37.6 Å². The van der Waals surface area contributed by atoms with Gasteiger partial charge >= 0.3 is 0 Å². The number of hydrogen-bond acceptors (Lipinski definition) is 6. The standard InChI is InChI=1S/C22H20N4O3/c1-13(2)22(27)26-19(18-11-23-15-5-3-4-6-16(15)24-18)10-17(25-26)14-7-8-20-21(9-14)29-12-28-20/h3-9,11,13,19H,10,12H2,1-2H3/t19-/m1/s1. The monoisotopic (exact) mass is 388 g/mol. The Morgan fingerprint density at radius 2 is 1.90 bits per heavy atom. The Hall–Kier alpha value is -3.48. The van der Waals surface area contributed by atoms with Crippen LogP contribution >= 0.6 is 0 Å². The van der Waals surface area contributed by atoms with E-state index in [0.717, 1.165) is 33.8 Å². The van der Waals surface area contributed by atoms with Crippen molar-refractivity contribution in [3.8, 4) is 11.5 Å². The van der Waals surface area contributed by atoms with Gasteiger partial charge in [0.05, 0.1) is 28.6 Å². The molecule has 3 aromatic rings. The predicted octanol–water partition coefficient (Wildman–Crippen LogP) is 3.69. The van der Waals surface area contributed by atoms with E-state index in [0.29, 0.717) is 12.2 Å². The Morgan fingerprint density at radius 1 is 1.10 bits per heavy atom. The molecule has 0 fully saturated rings. The minimum atomic E-state index is -0.289. The average Bonchev–Trinajstić information content (AvgIpc) is 3.39. The summed E-state index contributed by atoms with van der Waals surface area (Å²) >= 11 is 0. The summed E-state index contributed by atoms with van der Waals surface area (Å²) in [7, 11) is 0. The predicted molar refractivity (Wildman–Crippen MR) is 108 cm³/mol.